The highest BCUT2D eigenvalue weighted by Crippen LogP contribution is 2.50. The molecule has 0 aliphatic carbocycles. The SMILES string of the molecule is CCCCCCC(C(=O)O)P(=O)(c1ccccc1)c1ccccc1. The van der Waals surface area contributed by atoms with Crippen LogP contribution in [-0.2, 0) is 9.36 Å². The van der Waals surface area contributed by atoms with Crippen LogP contribution in [0.3, 0.4) is 0 Å². The Balaban J connectivity index is 2.44. The van der Waals surface area contributed by atoms with Crippen LogP contribution in [0.4, 0.5) is 0 Å². The minimum absolute atomic E-state index is 0.441. The Labute approximate surface area is 144 Å². The van der Waals surface area contributed by atoms with Crippen LogP contribution in [0.25, 0.3) is 0 Å². The number of rotatable bonds is 9. The lowest BCUT2D eigenvalue weighted by atomic mass is 10.1. The number of unbranched alkanes of at least 4 members (excludes halogenated alkanes) is 3. The highest BCUT2D eigenvalue weighted by atomic mass is 31.2. The van der Waals surface area contributed by atoms with Gasteiger partial charge in [0.15, 0.2) is 7.14 Å². The lowest BCUT2D eigenvalue weighted by Gasteiger charge is -2.26. The summed E-state index contributed by atoms with van der Waals surface area (Å²) in [6.45, 7) is 2.12. The van der Waals surface area contributed by atoms with E-state index >= 15 is 0 Å². The Morgan fingerprint density at radius 2 is 1.42 bits per heavy atom. The minimum atomic E-state index is -3.24. The van der Waals surface area contributed by atoms with Gasteiger partial charge in [-0.05, 0) is 6.42 Å². The molecule has 0 saturated carbocycles. The number of hydrogen-bond acceptors (Lipinski definition) is 2. The number of benzene rings is 2. The number of carbonyl (C=O) groups is 1. The monoisotopic (exact) mass is 344 g/mol. The van der Waals surface area contributed by atoms with E-state index in [1.165, 1.54) is 0 Å². The second kappa shape index (κ2) is 8.84. The summed E-state index contributed by atoms with van der Waals surface area (Å²) in [5.41, 5.74) is -0.876. The number of carboxylic acids is 1. The predicted octanol–water partition coefficient (Wildman–Crippen LogP) is 4.42. The van der Waals surface area contributed by atoms with E-state index in [2.05, 4.69) is 6.92 Å². The Morgan fingerprint density at radius 1 is 0.917 bits per heavy atom. The van der Waals surface area contributed by atoms with Gasteiger partial charge in [0.2, 0.25) is 0 Å². The van der Waals surface area contributed by atoms with E-state index in [0.29, 0.717) is 17.0 Å². The van der Waals surface area contributed by atoms with Crippen molar-refractivity contribution in [2.45, 2.75) is 44.7 Å². The lowest BCUT2D eigenvalue weighted by molar-refractivity contribution is -0.136. The quantitative estimate of drug-likeness (QED) is 0.541. The second-order valence-corrected chi connectivity index (χ2v) is 9.00. The Bertz CT molecular complexity index is 639. The first-order valence-electron chi connectivity index (χ1n) is 8.54. The molecule has 128 valence electrons. The van der Waals surface area contributed by atoms with Gasteiger partial charge in [-0.1, -0.05) is 93.3 Å². The molecule has 0 aliphatic rings. The smallest absolute Gasteiger partial charge is 0.314 e. The van der Waals surface area contributed by atoms with Crippen LogP contribution >= 0.6 is 7.14 Å². The second-order valence-electron chi connectivity index (χ2n) is 6.03. The molecule has 4 heteroatoms. The molecule has 2 aromatic rings. The van der Waals surface area contributed by atoms with E-state index in [1.807, 2.05) is 36.4 Å². The summed E-state index contributed by atoms with van der Waals surface area (Å²) in [6.07, 6.45) is 4.37. The molecular formula is C20H25O3P. The van der Waals surface area contributed by atoms with Gasteiger partial charge in [0.05, 0.1) is 0 Å². The highest BCUT2D eigenvalue weighted by Gasteiger charge is 2.40. The fourth-order valence-corrected chi connectivity index (χ4v) is 6.14. The summed E-state index contributed by atoms with van der Waals surface area (Å²) in [7, 11) is -3.24. The topological polar surface area (TPSA) is 54.4 Å². The maximum absolute atomic E-state index is 14.0. The van der Waals surface area contributed by atoms with Gasteiger partial charge < -0.3 is 9.67 Å². The largest absolute Gasteiger partial charge is 0.481 e. The first-order chi connectivity index (χ1) is 11.6. The number of carboxylic acid groups (broad SMARTS) is 1. The zero-order chi connectivity index (χ0) is 17.4. The zero-order valence-corrected chi connectivity index (χ0v) is 15.0. The summed E-state index contributed by atoms with van der Waals surface area (Å²) in [5, 5.41) is 11.1. The maximum atomic E-state index is 14.0. The van der Waals surface area contributed by atoms with E-state index in [4.69, 9.17) is 0 Å². The van der Waals surface area contributed by atoms with Crippen molar-refractivity contribution in [1.29, 1.82) is 0 Å². The maximum Gasteiger partial charge on any atom is 0.314 e. The van der Waals surface area contributed by atoms with Crippen LogP contribution in [0.5, 0.6) is 0 Å². The van der Waals surface area contributed by atoms with Gasteiger partial charge in [0.25, 0.3) is 0 Å². The molecule has 2 rings (SSSR count). The van der Waals surface area contributed by atoms with Gasteiger partial charge in [0, 0.05) is 10.6 Å². The van der Waals surface area contributed by atoms with Crippen molar-refractivity contribution in [3.05, 3.63) is 60.7 Å². The van der Waals surface area contributed by atoms with Crippen LogP contribution in [0.1, 0.15) is 39.0 Å². The number of hydrogen-bond donors (Lipinski definition) is 1. The molecule has 24 heavy (non-hydrogen) atoms. The third-order valence-electron chi connectivity index (χ3n) is 4.33. The molecule has 0 aromatic heterocycles. The minimum Gasteiger partial charge on any atom is -0.481 e. The van der Waals surface area contributed by atoms with Gasteiger partial charge in [-0.25, -0.2) is 0 Å². The summed E-state index contributed by atoms with van der Waals surface area (Å²) >= 11 is 0. The number of aliphatic carboxylic acids is 1. The van der Waals surface area contributed by atoms with Gasteiger partial charge in [-0.3, -0.25) is 4.79 Å². The molecule has 0 aliphatic heterocycles. The molecule has 1 N–H and O–H groups in total. The molecule has 1 atom stereocenters. The molecule has 0 saturated heterocycles. The van der Waals surface area contributed by atoms with Gasteiger partial charge in [0.1, 0.15) is 5.66 Å². The molecule has 0 spiro atoms. The van der Waals surface area contributed by atoms with E-state index in [1.54, 1.807) is 24.3 Å². The van der Waals surface area contributed by atoms with Gasteiger partial charge in [-0.2, -0.15) is 0 Å². The molecular weight excluding hydrogens is 319 g/mol. The van der Waals surface area contributed by atoms with Crippen molar-refractivity contribution in [3.63, 3.8) is 0 Å². The fraction of sp³-hybridized carbons (Fsp3) is 0.350. The third-order valence-corrected chi connectivity index (χ3v) is 7.82. The van der Waals surface area contributed by atoms with Crippen LogP contribution in [0, 0.1) is 0 Å². The van der Waals surface area contributed by atoms with Crippen LogP contribution in [0.2, 0.25) is 0 Å². The summed E-state index contributed by atoms with van der Waals surface area (Å²) in [6, 6.07) is 18.1. The summed E-state index contributed by atoms with van der Waals surface area (Å²) in [4.78, 5) is 12.0. The zero-order valence-electron chi connectivity index (χ0n) is 14.1. The van der Waals surface area contributed by atoms with E-state index in [-0.39, 0.29) is 0 Å². The van der Waals surface area contributed by atoms with Crippen molar-refractivity contribution < 1.29 is 14.5 Å². The molecule has 1 unspecified atom stereocenters. The molecule has 0 heterocycles. The summed E-state index contributed by atoms with van der Waals surface area (Å²) in [5.74, 6) is -0.970. The Hall–Kier alpha value is -1.86. The first kappa shape index (κ1) is 18.5. The van der Waals surface area contributed by atoms with Gasteiger partial charge in [-0.15, -0.1) is 0 Å². The van der Waals surface area contributed by atoms with E-state index < -0.39 is 18.8 Å². The predicted molar refractivity (Wildman–Crippen MR) is 99.9 cm³/mol. The van der Waals surface area contributed by atoms with Crippen molar-refractivity contribution >= 4 is 23.7 Å². The Kier molecular flexibility index (Phi) is 6.81. The van der Waals surface area contributed by atoms with Crippen molar-refractivity contribution in [3.8, 4) is 0 Å². The molecule has 0 radical (unpaired) electrons. The first-order valence-corrected chi connectivity index (χ1v) is 10.3. The molecule has 3 nitrogen and oxygen atoms in total. The third kappa shape index (κ3) is 4.15. The average Bonchev–Trinajstić information content (AvgIpc) is 2.62. The Morgan fingerprint density at radius 3 is 1.83 bits per heavy atom. The van der Waals surface area contributed by atoms with Crippen LogP contribution in [0.15, 0.2) is 60.7 Å². The van der Waals surface area contributed by atoms with Crippen LogP contribution in [-0.4, -0.2) is 16.7 Å². The van der Waals surface area contributed by atoms with Crippen LogP contribution < -0.4 is 10.6 Å². The van der Waals surface area contributed by atoms with E-state index in [9.17, 15) is 14.5 Å². The normalized spacial score (nSPS) is 12.7. The van der Waals surface area contributed by atoms with Crippen molar-refractivity contribution in [1.82, 2.24) is 0 Å². The fourth-order valence-electron chi connectivity index (χ4n) is 3.03. The lowest BCUT2D eigenvalue weighted by Crippen LogP contribution is -2.31. The molecule has 2 aromatic carbocycles. The molecule has 0 fully saturated rings. The molecule has 0 amide bonds. The van der Waals surface area contributed by atoms with E-state index in [0.717, 1.165) is 25.7 Å². The standard InChI is InChI=1S/C20H25O3P/c1-2-3-4-11-16-19(20(21)22)24(23,17-12-7-5-8-13-17)18-14-9-6-10-15-18/h5-10,12-15,19H,2-4,11,16H2,1H3,(H,21,22). The summed E-state index contributed by atoms with van der Waals surface area (Å²) < 4.78 is 14.0. The van der Waals surface area contributed by atoms with Crippen molar-refractivity contribution in [2.75, 3.05) is 0 Å². The molecule has 0 bridgehead atoms. The van der Waals surface area contributed by atoms with Crippen molar-refractivity contribution in [2.24, 2.45) is 0 Å². The average molecular weight is 344 g/mol. The van der Waals surface area contributed by atoms with Gasteiger partial charge >= 0.3 is 5.97 Å². The highest BCUT2D eigenvalue weighted by molar-refractivity contribution is 7.80.